The monoisotopic (exact) mass is 313 g/mol. The standard InChI is InChI=1S/C16H15N3S2/c17-15(20)13-9-12-3-1-2-4-14(12)19-16(13)18-7-5-11-6-8-21-10-11/h1-4,6,8-10H,5,7H2,(H2,17,20)(H,18,19). The molecule has 0 amide bonds. The fraction of sp³-hybridized carbons (Fsp3) is 0.125. The zero-order chi connectivity index (χ0) is 14.7. The number of hydrogen-bond acceptors (Lipinski definition) is 4. The highest BCUT2D eigenvalue weighted by Gasteiger charge is 2.09. The summed E-state index contributed by atoms with van der Waals surface area (Å²) in [6.45, 7) is 0.803. The minimum absolute atomic E-state index is 0.367. The number of thiocarbonyl (C=S) groups is 1. The van der Waals surface area contributed by atoms with Gasteiger partial charge in [0.15, 0.2) is 0 Å². The van der Waals surface area contributed by atoms with Crippen LogP contribution in [0.25, 0.3) is 10.9 Å². The van der Waals surface area contributed by atoms with Gasteiger partial charge in [-0.3, -0.25) is 0 Å². The number of benzene rings is 1. The predicted octanol–water partition coefficient (Wildman–Crippen LogP) is 3.59. The van der Waals surface area contributed by atoms with Crippen LogP contribution < -0.4 is 11.1 Å². The second-order valence-corrected chi connectivity index (χ2v) is 5.97. The second-order valence-electron chi connectivity index (χ2n) is 4.75. The van der Waals surface area contributed by atoms with Crippen molar-refractivity contribution < 1.29 is 0 Å². The van der Waals surface area contributed by atoms with E-state index in [4.69, 9.17) is 18.0 Å². The Bertz CT molecular complexity index is 766. The van der Waals surface area contributed by atoms with Crippen LogP contribution >= 0.6 is 23.6 Å². The summed E-state index contributed by atoms with van der Waals surface area (Å²) < 4.78 is 0. The summed E-state index contributed by atoms with van der Waals surface area (Å²) in [6.07, 6.45) is 0.953. The molecule has 5 heteroatoms. The zero-order valence-corrected chi connectivity index (χ0v) is 13.0. The minimum Gasteiger partial charge on any atom is -0.389 e. The van der Waals surface area contributed by atoms with Crippen molar-refractivity contribution in [1.29, 1.82) is 0 Å². The summed E-state index contributed by atoms with van der Waals surface area (Å²) in [5, 5.41) is 8.64. The van der Waals surface area contributed by atoms with E-state index in [9.17, 15) is 0 Å². The van der Waals surface area contributed by atoms with Gasteiger partial charge in [-0.15, -0.1) is 0 Å². The molecule has 0 saturated carbocycles. The van der Waals surface area contributed by atoms with Crippen LogP contribution in [0.1, 0.15) is 11.1 Å². The molecule has 0 aliphatic heterocycles. The van der Waals surface area contributed by atoms with E-state index < -0.39 is 0 Å². The van der Waals surface area contributed by atoms with E-state index in [2.05, 4.69) is 27.1 Å². The Morgan fingerprint density at radius 3 is 2.90 bits per heavy atom. The van der Waals surface area contributed by atoms with Gasteiger partial charge < -0.3 is 11.1 Å². The van der Waals surface area contributed by atoms with E-state index in [1.165, 1.54) is 5.56 Å². The molecule has 3 rings (SSSR count). The van der Waals surface area contributed by atoms with Crippen LogP contribution in [0.15, 0.2) is 47.2 Å². The van der Waals surface area contributed by atoms with Crippen LogP contribution in [0.4, 0.5) is 5.82 Å². The molecule has 0 aliphatic carbocycles. The lowest BCUT2D eigenvalue weighted by molar-refractivity contribution is 1.02. The number of nitrogens with zero attached hydrogens (tertiary/aromatic N) is 1. The molecule has 0 spiro atoms. The molecule has 106 valence electrons. The fourth-order valence-corrected chi connectivity index (χ4v) is 3.06. The highest BCUT2D eigenvalue weighted by atomic mass is 32.1. The molecule has 1 aromatic carbocycles. The number of aromatic nitrogens is 1. The van der Waals surface area contributed by atoms with Crippen molar-refractivity contribution in [2.24, 2.45) is 5.73 Å². The maximum atomic E-state index is 5.83. The lowest BCUT2D eigenvalue weighted by Gasteiger charge is -2.11. The van der Waals surface area contributed by atoms with Crippen molar-refractivity contribution in [3.63, 3.8) is 0 Å². The Kier molecular flexibility index (Phi) is 4.13. The maximum Gasteiger partial charge on any atom is 0.136 e. The summed E-state index contributed by atoms with van der Waals surface area (Å²) in [6, 6.07) is 12.1. The first-order chi connectivity index (χ1) is 10.2. The molecule has 0 unspecified atom stereocenters. The lowest BCUT2D eigenvalue weighted by atomic mass is 10.1. The molecule has 0 bridgehead atoms. The van der Waals surface area contributed by atoms with E-state index in [1.54, 1.807) is 11.3 Å². The highest BCUT2D eigenvalue weighted by Crippen LogP contribution is 2.20. The van der Waals surface area contributed by atoms with E-state index in [1.807, 2.05) is 30.3 Å². The fourth-order valence-electron chi connectivity index (χ4n) is 2.20. The number of nitrogens with two attached hydrogens (primary N) is 1. The molecule has 0 fully saturated rings. The van der Waals surface area contributed by atoms with E-state index >= 15 is 0 Å². The molecule has 0 saturated heterocycles. The van der Waals surface area contributed by atoms with Gasteiger partial charge in [0.1, 0.15) is 10.8 Å². The summed E-state index contributed by atoms with van der Waals surface area (Å²) >= 11 is 6.85. The smallest absolute Gasteiger partial charge is 0.136 e. The number of anilines is 1. The van der Waals surface area contributed by atoms with Crippen LogP contribution in [-0.2, 0) is 6.42 Å². The van der Waals surface area contributed by atoms with Crippen LogP contribution in [0, 0.1) is 0 Å². The van der Waals surface area contributed by atoms with Gasteiger partial charge in [-0.2, -0.15) is 11.3 Å². The van der Waals surface area contributed by atoms with Crippen molar-refractivity contribution in [3.8, 4) is 0 Å². The quantitative estimate of drug-likeness (QED) is 0.707. The Hall–Kier alpha value is -1.98. The molecule has 3 nitrogen and oxygen atoms in total. The molecule has 21 heavy (non-hydrogen) atoms. The van der Waals surface area contributed by atoms with Crippen LogP contribution in [0.2, 0.25) is 0 Å². The number of pyridine rings is 1. The van der Waals surface area contributed by atoms with Gasteiger partial charge in [0, 0.05) is 11.9 Å². The van der Waals surface area contributed by atoms with E-state index in [0.717, 1.165) is 35.2 Å². The molecule has 2 heterocycles. The SMILES string of the molecule is NC(=S)c1cc2ccccc2nc1NCCc1ccsc1. The first-order valence-corrected chi connectivity index (χ1v) is 8.03. The van der Waals surface area contributed by atoms with Gasteiger partial charge in [-0.05, 0) is 40.9 Å². The average Bonchev–Trinajstić information content (AvgIpc) is 2.99. The van der Waals surface area contributed by atoms with Crippen molar-refractivity contribution in [1.82, 2.24) is 4.98 Å². The van der Waals surface area contributed by atoms with Gasteiger partial charge in [0.25, 0.3) is 0 Å². The Labute approximate surface area is 132 Å². The molecule has 0 atom stereocenters. The number of nitrogens with one attached hydrogen (secondary N) is 1. The van der Waals surface area contributed by atoms with Gasteiger partial charge in [-0.25, -0.2) is 4.98 Å². The summed E-state index contributed by atoms with van der Waals surface area (Å²) in [5.74, 6) is 0.761. The molecule has 3 N–H and O–H groups in total. The zero-order valence-electron chi connectivity index (χ0n) is 11.4. The first kappa shape index (κ1) is 14.0. The molecule has 3 aromatic rings. The maximum absolute atomic E-state index is 5.83. The van der Waals surface area contributed by atoms with Gasteiger partial charge in [0.2, 0.25) is 0 Å². The van der Waals surface area contributed by atoms with E-state index in [-0.39, 0.29) is 0 Å². The number of para-hydroxylation sites is 1. The topological polar surface area (TPSA) is 50.9 Å². The number of thiophene rings is 1. The predicted molar refractivity (Wildman–Crippen MR) is 94.1 cm³/mol. The van der Waals surface area contributed by atoms with Crippen LogP contribution in [0.5, 0.6) is 0 Å². The third-order valence-corrected chi connectivity index (χ3v) is 4.23. The lowest BCUT2D eigenvalue weighted by Crippen LogP contribution is -2.16. The second kappa shape index (κ2) is 6.20. The van der Waals surface area contributed by atoms with Crippen molar-refractivity contribution in [2.45, 2.75) is 6.42 Å². The third-order valence-electron chi connectivity index (χ3n) is 3.28. The Morgan fingerprint density at radius 2 is 2.14 bits per heavy atom. The summed E-state index contributed by atoms with van der Waals surface area (Å²) in [7, 11) is 0. The largest absolute Gasteiger partial charge is 0.389 e. The number of rotatable bonds is 5. The van der Waals surface area contributed by atoms with Crippen LogP contribution in [-0.4, -0.2) is 16.5 Å². The Balaban J connectivity index is 1.85. The minimum atomic E-state index is 0.367. The highest BCUT2D eigenvalue weighted by molar-refractivity contribution is 7.80. The van der Waals surface area contributed by atoms with E-state index in [0.29, 0.717) is 4.99 Å². The number of hydrogen-bond donors (Lipinski definition) is 2. The summed E-state index contributed by atoms with van der Waals surface area (Å²) in [4.78, 5) is 5.01. The van der Waals surface area contributed by atoms with Crippen molar-refractivity contribution in [3.05, 3.63) is 58.3 Å². The average molecular weight is 313 g/mol. The summed E-state index contributed by atoms with van der Waals surface area (Å²) in [5.41, 5.74) is 8.89. The normalized spacial score (nSPS) is 10.7. The number of fused-ring (bicyclic) bond motifs is 1. The van der Waals surface area contributed by atoms with Crippen molar-refractivity contribution >= 4 is 45.3 Å². The first-order valence-electron chi connectivity index (χ1n) is 6.68. The van der Waals surface area contributed by atoms with Gasteiger partial charge in [-0.1, -0.05) is 30.4 Å². The van der Waals surface area contributed by atoms with Gasteiger partial charge in [0.05, 0.1) is 11.1 Å². The van der Waals surface area contributed by atoms with Gasteiger partial charge >= 0.3 is 0 Å². The molecule has 0 aliphatic rings. The molecule has 0 radical (unpaired) electrons. The molecular weight excluding hydrogens is 298 g/mol. The Morgan fingerprint density at radius 1 is 1.29 bits per heavy atom. The molecule has 2 aromatic heterocycles. The van der Waals surface area contributed by atoms with Crippen molar-refractivity contribution in [2.75, 3.05) is 11.9 Å². The molecular formula is C16H15N3S2. The van der Waals surface area contributed by atoms with Crippen LogP contribution in [0.3, 0.4) is 0 Å². The third kappa shape index (κ3) is 3.20.